The van der Waals surface area contributed by atoms with Crippen molar-refractivity contribution in [1.29, 1.82) is 0 Å². The summed E-state index contributed by atoms with van der Waals surface area (Å²) in [5, 5.41) is 5.07. The second-order valence-electron chi connectivity index (χ2n) is 9.48. The highest BCUT2D eigenvalue weighted by Gasteiger charge is 2.25. The Morgan fingerprint density at radius 1 is 0.973 bits per heavy atom. The predicted molar refractivity (Wildman–Crippen MR) is 144 cm³/mol. The summed E-state index contributed by atoms with van der Waals surface area (Å²) in [6, 6.07) is 20.0. The van der Waals surface area contributed by atoms with E-state index in [0.717, 1.165) is 45.6 Å². The van der Waals surface area contributed by atoms with Gasteiger partial charge in [-0.1, -0.05) is 67.5 Å². The molecule has 3 aromatic carbocycles. The highest BCUT2D eigenvalue weighted by Crippen LogP contribution is 2.34. The van der Waals surface area contributed by atoms with E-state index in [1.807, 2.05) is 44.2 Å². The number of carbonyl (C=O) groups excluding carboxylic acids is 1. The van der Waals surface area contributed by atoms with Gasteiger partial charge in [0.2, 0.25) is 0 Å². The molecule has 0 bridgehead atoms. The fraction of sp³-hybridized carbons (Fsp3) is 0.290. The third-order valence-corrected chi connectivity index (χ3v) is 6.49. The van der Waals surface area contributed by atoms with Gasteiger partial charge < -0.3 is 9.40 Å². The Labute approximate surface area is 216 Å². The molecule has 0 spiro atoms. The highest BCUT2D eigenvalue weighted by atomic mass is 19.2. The van der Waals surface area contributed by atoms with Gasteiger partial charge in [0, 0.05) is 40.7 Å². The van der Waals surface area contributed by atoms with E-state index < -0.39 is 11.6 Å². The fourth-order valence-corrected chi connectivity index (χ4v) is 4.72. The summed E-state index contributed by atoms with van der Waals surface area (Å²) in [5.41, 5.74) is 6.01. The molecule has 4 nitrogen and oxygen atoms in total. The Hall–Kier alpha value is -3.80. The van der Waals surface area contributed by atoms with Crippen molar-refractivity contribution in [1.82, 2.24) is 4.57 Å². The Morgan fingerprint density at radius 2 is 1.73 bits per heavy atom. The molecule has 0 saturated carbocycles. The van der Waals surface area contributed by atoms with Gasteiger partial charge in [-0.2, -0.15) is 0 Å². The van der Waals surface area contributed by atoms with Gasteiger partial charge >= 0.3 is 0 Å². The van der Waals surface area contributed by atoms with Crippen LogP contribution in [0, 0.1) is 11.6 Å². The van der Waals surface area contributed by atoms with Gasteiger partial charge in [0.25, 0.3) is 0 Å². The van der Waals surface area contributed by atoms with E-state index in [1.54, 1.807) is 0 Å². The van der Waals surface area contributed by atoms with E-state index in [4.69, 9.17) is 4.84 Å². The van der Waals surface area contributed by atoms with Crippen LogP contribution in [-0.2, 0) is 17.8 Å². The first-order valence-corrected chi connectivity index (χ1v) is 12.6. The molecule has 0 saturated heterocycles. The molecule has 0 atom stereocenters. The second kappa shape index (κ2) is 11.5. The van der Waals surface area contributed by atoms with Crippen LogP contribution in [0.15, 0.2) is 71.9 Å². The van der Waals surface area contributed by atoms with Crippen LogP contribution in [0.5, 0.6) is 0 Å². The van der Waals surface area contributed by atoms with Crippen molar-refractivity contribution in [3.05, 3.63) is 106 Å². The van der Waals surface area contributed by atoms with Crippen molar-refractivity contribution in [3.8, 4) is 0 Å². The standard InChI is InChI=1S/C31H32F2N2O2/c1-5-37-34-21(4)24-13-14-25-28(18-24)35(19-23-9-7-6-8-10-23)31(20(2)3)30(25)29(36)16-12-22-11-15-26(32)27(33)17-22/h6-11,13-15,17-18,20H,5,12,16,19H2,1-4H3/b34-21-. The highest BCUT2D eigenvalue weighted by molar-refractivity contribution is 6.11. The Balaban J connectivity index is 1.81. The van der Waals surface area contributed by atoms with Gasteiger partial charge in [-0.25, -0.2) is 8.78 Å². The maximum absolute atomic E-state index is 13.7. The number of aryl methyl sites for hydroxylation is 1. The largest absolute Gasteiger partial charge is 0.396 e. The monoisotopic (exact) mass is 502 g/mol. The molecule has 0 aliphatic carbocycles. The predicted octanol–water partition coefficient (Wildman–Crippen LogP) is 7.67. The molecule has 192 valence electrons. The molecule has 1 heterocycles. The first-order chi connectivity index (χ1) is 17.8. The summed E-state index contributed by atoms with van der Waals surface area (Å²) >= 11 is 0. The van der Waals surface area contributed by atoms with Gasteiger partial charge in [0.1, 0.15) is 6.61 Å². The fourth-order valence-electron chi connectivity index (χ4n) is 4.72. The Kier molecular flexibility index (Phi) is 8.17. The summed E-state index contributed by atoms with van der Waals surface area (Å²) < 4.78 is 29.3. The average molecular weight is 503 g/mol. The van der Waals surface area contributed by atoms with Gasteiger partial charge in [-0.05, 0) is 55.5 Å². The Bertz CT molecular complexity index is 1440. The second-order valence-corrected chi connectivity index (χ2v) is 9.48. The first kappa shape index (κ1) is 26.3. The molecule has 0 aliphatic heterocycles. The van der Waals surface area contributed by atoms with E-state index in [0.29, 0.717) is 30.7 Å². The number of hydrogen-bond acceptors (Lipinski definition) is 3. The maximum atomic E-state index is 13.7. The van der Waals surface area contributed by atoms with E-state index in [-0.39, 0.29) is 18.1 Å². The van der Waals surface area contributed by atoms with Gasteiger partial charge in [0.15, 0.2) is 17.4 Å². The van der Waals surface area contributed by atoms with Crippen molar-refractivity contribution in [2.75, 3.05) is 6.61 Å². The number of rotatable bonds is 10. The maximum Gasteiger partial charge on any atom is 0.165 e. The average Bonchev–Trinajstić information content (AvgIpc) is 3.22. The minimum absolute atomic E-state index is 0.0160. The zero-order valence-electron chi connectivity index (χ0n) is 21.7. The topological polar surface area (TPSA) is 43.6 Å². The number of fused-ring (bicyclic) bond motifs is 1. The van der Waals surface area contributed by atoms with Crippen LogP contribution in [-0.4, -0.2) is 22.7 Å². The van der Waals surface area contributed by atoms with Crippen molar-refractivity contribution in [3.63, 3.8) is 0 Å². The number of oxime groups is 1. The molecule has 0 radical (unpaired) electrons. The van der Waals surface area contributed by atoms with Crippen molar-refractivity contribution in [2.24, 2.45) is 5.16 Å². The number of halogens is 2. The molecule has 0 fully saturated rings. The van der Waals surface area contributed by atoms with E-state index in [2.05, 4.69) is 41.8 Å². The zero-order chi connectivity index (χ0) is 26.5. The third-order valence-electron chi connectivity index (χ3n) is 6.49. The summed E-state index contributed by atoms with van der Waals surface area (Å²) in [4.78, 5) is 19.0. The lowest BCUT2D eigenvalue weighted by Gasteiger charge is -2.15. The first-order valence-electron chi connectivity index (χ1n) is 12.6. The molecular weight excluding hydrogens is 470 g/mol. The van der Waals surface area contributed by atoms with Gasteiger partial charge in [-0.3, -0.25) is 4.79 Å². The van der Waals surface area contributed by atoms with Crippen LogP contribution >= 0.6 is 0 Å². The number of nitrogens with zero attached hydrogens (tertiary/aromatic N) is 2. The number of benzene rings is 3. The number of ketones is 1. The van der Waals surface area contributed by atoms with Crippen LogP contribution in [0.4, 0.5) is 8.78 Å². The van der Waals surface area contributed by atoms with E-state index in [1.165, 1.54) is 6.07 Å². The molecule has 0 aliphatic rings. The summed E-state index contributed by atoms with van der Waals surface area (Å²) in [5.74, 6) is -1.72. The molecule has 0 amide bonds. The third kappa shape index (κ3) is 5.79. The number of Topliss-reactive ketones (excluding diaryl/α,β-unsaturated/α-hetero) is 1. The van der Waals surface area contributed by atoms with Crippen LogP contribution in [0.2, 0.25) is 0 Å². The Morgan fingerprint density at radius 3 is 2.41 bits per heavy atom. The number of hydrogen-bond donors (Lipinski definition) is 0. The number of carbonyl (C=O) groups is 1. The van der Waals surface area contributed by atoms with E-state index in [9.17, 15) is 13.6 Å². The minimum Gasteiger partial charge on any atom is -0.396 e. The molecule has 4 aromatic rings. The zero-order valence-corrected chi connectivity index (χ0v) is 21.7. The van der Waals surface area contributed by atoms with Gasteiger partial charge in [0.05, 0.1) is 5.71 Å². The quantitative estimate of drug-likeness (QED) is 0.127. The smallest absolute Gasteiger partial charge is 0.165 e. The molecule has 4 rings (SSSR count). The molecule has 1 aromatic heterocycles. The van der Waals surface area contributed by atoms with E-state index >= 15 is 0 Å². The minimum atomic E-state index is -0.899. The SMILES string of the molecule is CCO/N=C(/C)c1ccc2c(C(=O)CCc3ccc(F)c(F)c3)c(C(C)C)n(Cc3ccccc3)c2c1. The number of aromatic nitrogens is 1. The molecule has 0 unspecified atom stereocenters. The molecule has 6 heteroatoms. The van der Waals surface area contributed by atoms with Crippen LogP contribution < -0.4 is 0 Å². The van der Waals surface area contributed by atoms with Crippen LogP contribution in [0.1, 0.15) is 72.8 Å². The molecule has 0 N–H and O–H groups in total. The van der Waals surface area contributed by atoms with Crippen LogP contribution in [0.3, 0.4) is 0 Å². The van der Waals surface area contributed by atoms with Crippen LogP contribution in [0.25, 0.3) is 10.9 Å². The molecule has 37 heavy (non-hydrogen) atoms. The lowest BCUT2D eigenvalue weighted by atomic mass is 9.95. The summed E-state index contributed by atoms with van der Waals surface area (Å²) in [7, 11) is 0. The normalized spacial score (nSPS) is 11.9. The van der Waals surface area contributed by atoms with Gasteiger partial charge in [-0.15, -0.1) is 0 Å². The summed E-state index contributed by atoms with van der Waals surface area (Å²) in [6.07, 6.45) is 0.527. The lowest BCUT2D eigenvalue weighted by molar-refractivity contribution is 0.0982. The van der Waals surface area contributed by atoms with Crippen molar-refractivity contribution >= 4 is 22.4 Å². The van der Waals surface area contributed by atoms with Crippen molar-refractivity contribution < 1.29 is 18.4 Å². The molecular formula is C31H32F2N2O2. The summed E-state index contributed by atoms with van der Waals surface area (Å²) in [6.45, 7) is 9.07. The van der Waals surface area contributed by atoms with Crippen molar-refractivity contribution in [2.45, 2.75) is 53.0 Å². The lowest BCUT2D eigenvalue weighted by Crippen LogP contribution is -2.11.